The Morgan fingerprint density at radius 3 is 2.52 bits per heavy atom. The molecule has 1 saturated carbocycles. The van der Waals surface area contributed by atoms with Gasteiger partial charge in [0.05, 0.1) is 13.2 Å². The summed E-state index contributed by atoms with van der Waals surface area (Å²) in [5.74, 6) is 6.02. The quantitative estimate of drug-likeness (QED) is 0.655. The molecule has 0 aromatic heterocycles. The summed E-state index contributed by atoms with van der Waals surface area (Å²) in [4.78, 5) is 15.1. The Morgan fingerprint density at radius 2 is 1.89 bits per heavy atom. The Balaban J connectivity index is 2.02. The van der Waals surface area contributed by atoms with Crippen molar-refractivity contribution >= 4 is 5.78 Å². The van der Waals surface area contributed by atoms with Crippen molar-refractivity contribution in [2.75, 3.05) is 26.2 Å². The first-order valence-corrected chi connectivity index (χ1v) is 10.2. The van der Waals surface area contributed by atoms with Gasteiger partial charge >= 0.3 is 0 Å². The van der Waals surface area contributed by atoms with Crippen LogP contribution >= 0.6 is 0 Å². The van der Waals surface area contributed by atoms with Crippen molar-refractivity contribution in [3.05, 3.63) is 35.9 Å². The van der Waals surface area contributed by atoms with E-state index in [0.717, 1.165) is 37.8 Å². The second-order valence-corrected chi connectivity index (χ2v) is 7.34. The SMILES string of the molecule is CCN(CC#CCCC(=O)C(O)(c1ccccc1)C1CCCCC1)CCO. The summed E-state index contributed by atoms with van der Waals surface area (Å²) < 4.78 is 0. The standard InChI is InChI=1S/C23H33NO3/c1-2-24(18-19-25)17-11-5-10-16-22(26)23(27,20-12-6-3-7-13-20)21-14-8-4-9-15-21/h3,6-7,12-13,21,25,27H,2,4,8-10,14-19H2,1H3. The molecule has 1 aromatic carbocycles. The highest BCUT2D eigenvalue weighted by Gasteiger charge is 2.44. The molecule has 2 N–H and O–H groups in total. The first-order valence-electron chi connectivity index (χ1n) is 10.2. The smallest absolute Gasteiger partial charge is 0.170 e. The predicted octanol–water partition coefficient (Wildman–Crippen LogP) is 3.12. The molecule has 148 valence electrons. The second kappa shape index (κ2) is 11.2. The van der Waals surface area contributed by atoms with Gasteiger partial charge in [0, 0.05) is 19.4 Å². The monoisotopic (exact) mass is 371 g/mol. The van der Waals surface area contributed by atoms with Crippen molar-refractivity contribution in [2.24, 2.45) is 5.92 Å². The van der Waals surface area contributed by atoms with Gasteiger partial charge in [-0.25, -0.2) is 0 Å². The van der Waals surface area contributed by atoms with Gasteiger partial charge in [-0.3, -0.25) is 9.69 Å². The van der Waals surface area contributed by atoms with Crippen LogP contribution in [-0.2, 0) is 10.4 Å². The van der Waals surface area contributed by atoms with Crippen LogP contribution in [0.25, 0.3) is 0 Å². The number of benzene rings is 1. The lowest BCUT2D eigenvalue weighted by Gasteiger charge is -2.37. The lowest BCUT2D eigenvalue weighted by atomic mass is 9.70. The molecular formula is C23H33NO3. The molecule has 1 unspecified atom stereocenters. The van der Waals surface area contributed by atoms with E-state index < -0.39 is 5.60 Å². The summed E-state index contributed by atoms with van der Waals surface area (Å²) >= 11 is 0. The molecular weight excluding hydrogens is 338 g/mol. The molecule has 0 bridgehead atoms. The zero-order valence-electron chi connectivity index (χ0n) is 16.5. The fourth-order valence-corrected chi connectivity index (χ4v) is 3.95. The van der Waals surface area contributed by atoms with E-state index in [1.807, 2.05) is 37.3 Å². The van der Waals surface area contributed by atoms with Crippen LogP contribution < -0.4 is 0 Å². The van der Waals surface area contributed by atoms with Crippen LogP contribution in [0.4, 0.5) is 0 Å². The average Bonchev–Trinajstić information content (AvgIpc) is 2.73. The summed E-state index contributed by atoms with van der Waals surface area (Å²) in [6.45, 7) is 4.20. The van der Waals surface area contributed by atoms with Gasteiger partial charge in [-0.05, 0) is 30.9 Å². The molecule has 0 radical (unpaired) electrons. The summed E-state index contributed by atoms with van der Waals surface area (Å²) in [5.41, 5.74) is -0.676. The number of aliphatic hydroxyl groups is 2. The van der Waals surface area contributed by atoms with Gasteiger partial charge < -0.3 is 10.2 Å². The Kier molecular flexibility index (Phi) is 9.00. The minimum absolute atomic E-state index is 0.00533. The second-order valence-electron chi connectivity index (χ2n) is 7.34. The molecule has 27 heavy (non-hydrogen) atoms. The maximum atomic E-state index is 13.1. The Hall–Kier alpha value is -1.67. The van der Waals surface area contributed by atoms with Crippen LogP contribution in [0.2, 0.25) is 0 Å². The van der Waals surface area contributed by atoms with E-state index in [-0.39, 0.29) is 24.7 Å². The highest BCUT2D eigenvalue weighted by molar-refractivity contribution is 5.88. The molecule has 0 aliphatic heterocycles. The molecule has 0 saturated heterocycles. The molecule has 0 amide bonds. The first kappa shape index (κ1) is 21.6. The van der Waals surface area contributed by atoms with E-state index in [4.69, 9.17) is 5.11 Å². The number of hydrogen-bond acceptors (Lipinski definition) is 4. The molecule has 4 nitrogen and oxygen atoms in total. The molecule has 1 aliphatic carbocycles. The largest absolute Gasteiger partial charge is 0.395 e. The van der Waals surface area contributed by atoms with Crippen molar-refractivity contribution in [1.82, 2.24) is 4.90 Å². The molecule has 4 heteroatoms. The minimum atomic E-state index is -1.39. The summed E-state index contributed by atoms with van der Waals surface area (Å²) in [7, 11) is 0. The fourth-order valence-electron chi connectivity index (χ4n) is 3.95. The lowest BCUT2D eigenvalue weighted by Crippen LogP contribution is -2.44. The summed E-state index contributed by atoms with van der Waals surface area (Å²) in [5, 5.41) is 20.5. The van der Waals surface area contributed by atoms with E-state index in [1.54, 1.807) is 0 Å². The van der Waals surface area contributed by atoms with Crippen molar-refractivity contribution in [3.63, 3.8) is 0 Å². The molecule has 0 heterocycles. The van der Waals surface area contributed by atoms with Gasteiger partial charge in [-0.1, -0.05) is 62.4 Å². The maximum absolute atomic E-state index is 13.1. The third-order valence-corrected chi connectivity index (χ3v) is 5.60. The van der Waals surface area contributed by atoms with Crippen LogP contribution in [0.5, 0.6) is 0 Å². The number of aliphatic hydroxyl groups excluding tert-OH is 1. The van der Waals surface area contributed by atoms with E-state index in [2.05, 4.69) is 16.7 Å². The number of rotatable bonds is 9. The molecule has 1 fully saturated rings. The van der Waals surface area contributed by atoms with E-state index in [9.17, 15) is 9.90 Å². The zero-order valence-corrected chi connectivity index (χ0v) is 16.5. The topological polar surface area (TPSA) is 60.8 Å². The van der Waals surface area contributed by atoms with Crippen molar-refractivity contribution in [3.8, 4) is 11.8 Å². The number of carbonyl (C=O) groups is 1. The lowest BCUT2D eigenvalue weighted by molar-refractivity contribution is -0.146. The van der Waals surface area contributed by atoms with Gasteiger partial charge in [0.15, 0.2) is 11.4 Å². The molecule has 1 aromatic rings. The van der Waals surface area contributed by atoms with Gasteiger partial charge in [0.1, 0.15) is 0 Å². The number of ketones is 1. The van der Waals surface area contributed by atoms with E-state index in [1.165, 1.54) is 6.42 Å². The third-order valence-electron chi connectivity index (χ3n) is 5.60. The van der Waals surface area contributed by atoms with Crippen molar-refractivity contribution in [2.45, 2.75) is 57.5 Å². The molecule has 1 aliphatic rings. The van der Waals surface area contributed by atoms with Gasteiger partial charge in [-0.15, -0.1) is 5.92 Å². The molecule has 2 rings (SSSR count). The van der Waals surface area contributed by atoms with Crippen LogP contribution in [0.3, 0.4) is 0 Å². The highest BCUT2D eigenvalue weighted by Crippen LogP contribution is 2.40. The van der Waals surface area contributed by atoms with Crippen molar-refractivity contribution < 1.29 is 15.0 Å². The maximum Gasteiger partial charge on any atom is 0.170 e. The number of hydrogen-bond donors (Lipinski definition) is 2. The zero-order chi connectivity index (χ0) is 19.5. The third kappa shape index (κ3) is 5.90. The van der Waals surface area contributed by atoms with E-state index in [0.29, 0.717) is 19.5 Å². The fraction of sp³-hybridized carbons (Fsp3) is 0.609. The highest BCUT2D eigenvalue weighted by atomic mass is 16.3. The van der Waals surface area contributed by atoms with Gasteiger partial charge in [-0.2, -0.15) is 0 Å². The molecule has 0 spiro atoms. The van der Waals surface area contributed by atoms with Crippen LogP contribution in [0.15, 0.2) is 30.3 Å². The summed E-state index contributed by atoms with van der Waals surface area (Å²) in [6, 6.07) is 9.42. The van der Waals surface area contributed by atoms with Gasteiger partial charge in [0.25, 0.3) is 0 Å². The Labute approximate surface area is 163 Å². The van der Waals surface area contributed by atoms with E-state index >= 15 is 0 Å². The number of Topliss-reactive ketones (excluding diaryl/α,β-unsaturated/α-hetero) is 1. The number of nitrogens with zero attached hydrogens (tertiary/aromatic N) is 1. The Bertz CT molecular complexity index is 628. The Morgan fingerprint density at radius 1 is 1.19 bits per heavy atom. The van der Waals surface area contributed by atoms with Crippen molar-refractivity contribution in [1.29, 1.82) is 0 Å². The van der Waals surface area contributed by atoms with Gasteiger partial charge in [0.2, 0.25) is 0 Å². The van der Waals surface area contributed by atoms with Crippen LogP contribution in [-0.4, -0.2) is 47.1 Å². The summed E-state index contributed by atoms with van der Waals surface area (Å²) in [6.07, 6.45) is 5.85. The average molecular weight is 372 g/mol. The molecule has 1 atom stereocenters. The number of likely N-dealkylation sites (N-methyl/N-ethyl adjacent to an activating group) is 1. The van der Waals surface area contributed by atoms with Crippen LogP contribution in [0.1, 0.15) is 57.4 Å². The minimum Gasteiger partial charge on any atom is -0.395 e. The number of carbonyl (C=O) groups excluding carboxylic acids is 1. The normalized spacial score (nSPS) is 17.2. The van der Waals surface area contributed by atoms with Crippen LogP contribution in [0, 0.1) is 17.8 Å². The predicted molar refractivity (Wildman–Crippen MR) is 108 cm³/mol. The first-order chi connectivity index (χ1) is 13.1.